The van der Waals surface area contributed by atoms with Crippen molar-refractivity contribution in [1.82, 2.24) is 20.4 Å². The first-order valence-corrected chi connectivity index (χ1v) is 9.34. The van der Waals surface area contributed by atoms with Gasteiger partial charge in [0, 0.05) is 33.2 Å². The summed E-state index contributed by atoms with van der Waals surface area (Å²) in [4.78, 5) is 20.2. The fraction of sp³-hybridized carbons (Fsp3) is 0.600. The summed E-state index contributed by atoms with van der Waals surface area (Å²) in [6.45, 7) is 8.46. The first-order valence-electron chi connectivity index (χ1n) is 9.34. The summed E-state index contributed by atoms with van der Waals surface area (Å²) in [6, 6.07) is 8.58. The summed E-state index contributed by atoms with van der Waals surface area (Å²) in [5.74, 6) is 0.739. The molecule has 150 valence electrons. The Morgan fingerprint density at radius 1 is 1.26 bits per heavy atom. The lowest BCUT2D eigenvalue weighted by atomic mass is 10.1. The first kappa shape index (κ1) is 21.0. The van der Waals surface area contributed by atoms with Gasteiger partial charge in [-0.05, 0) is 46.0 Å². The minimum atomic E-state index is -0.465. The zero-order valence-electron chi connectivity index (χ0n) is 17.4. The Morgan fingerprint density at radius 3 is 2.44 bits per heavy atom. The second-order valence-electron chi connectivity index (χ2n) is 8.16. The molecular weight excluding hydrogens is 342 g/mol. The smallest absolute Gasteiger partial charge is 0.410 e. The van der Waals surface area contributed by atoms with Crippen LogP contribution in [0.5, 0.6) is 0 Å². The highest BCUT2D eigenvalue weighted by molar-refractivity contribution is 5.80. The van der Waals surface area contributed by atoms with E-state index < -0.39 is 5.60 Å². The molecule has 0 aliphatic carbocycles. The molecule has 2 rings (SSSR count). The summed E-state index contributed by atoms with van der Waals surface area (Å²) in [6.07, 6.45) is -0.263. The van der Waals surface area contributed by atoms with Crippen LogP contribution in [0.4, 0.5) is 4.79 Å². The van der Waals surface area contributed by atoms with Gasteiger partial charge in [0.25, 0.3) is 0 Å². The van der Waals surface area contributed by atoms with Crippen LogP contribution in [-0.4, -0.2) is 67.7 Å². The average molecular weight is 376 g/mol. The molecule has 0 aromatic heterocycles. The van der Waals surface area contributed by atoms with Gasteiger partial charge in [0.15, 0.2) is 5.96 Å². The van der Waals surface area contributed by atoms with Crippen LogP contribution >= 0.6 is 0 Å². The number of aliphatic imine (C=N–C) groups is 1. The highest BCUT2D eigenvalue weighted by atomic mass is 16.6. The Morgan fingerprint density at radius 2 is 1.89 bits per heavy atom. The van der Waals surface area contributed by atoms with Crippen LogP contribution < -0.4 is 10.6 Å². The Kier molecular flexibility index (Phi) is 7.07. The molecular formula is C20H33N5O2. The van der Waals surface area contributed by atoms with E-state index in [4.69, 9.17) is 4.74 Å². The molecule has 7 heteroatoms. The number of benzene rings is 1. The SMILES string of the molecule is CN=C(NCc1ccccc1CN(C)C)NC1CN(C(=O)OC(C)(C)C)C1. The maximum absolute atomic E-state index is 12.0. The van der Waals surface area contributed by atoms with E-state index in [0.29, 0.717) is 19.6 Å². The van der Waals surface area contributed by atoms with Gasteiger partial charge in [-0.2, -0.15) is 0 Å². The molecule has 0 spiro atoms. The number of rotatable bonds is 5. The van der Waals surface area contributed by atoms with Crippen molar-refractivity contribution < 1.29 is 9.53 Å². The maximum atomic E-state index is 12.0. The Balaban J connectivity index is 1.81. The van der Waals surface area contributed by atoms with Crippen LogP contribution in [0.3, 0.4) is 0 Å². The van der Waals surface area contributed by atoms with Gasteiger partial charge in [-0.3, -0.25) is 4.99 Å². The molecule has 1 aromatic carbocycles. The van der Waals surface area contributed by atoms with Crippen molar-refractivity contribution in [2.24, 2.45) is 4.99 Å². The molecule has 0 radical (unpaired) electrons. The molecule has 2 N–H and O–H groups in total. The topological polar surface area (TPSA) is 69.2 Å². The van der Waals surface area contributed by atoms with Crippen LogP contribution in [-0.2, 0) is 17.8 Å². The molecule has 27 heavy (non-hydrogen) atoms. The molecule has 1 heterocycles. The maximum Gasteiger partial charge on any atom is 0.410 e. The largest absolute Gasteiger partial charge is 0.444 e. The average Bonchev–Trinajstić information content (AvgIpc) is 2.52. The van der Waals surface area contributed by atoms with E-state index in [9.17, 15) is 4.79 Å². The second-order valence-corrected chi connectivity index (χ2v) is 8.16. The number of carbonyl (C=O) groups is 1. The number of ether oxygens (including phenoxy) is 1. The van der Waals surface area contributed by atoms with Crippen LogP contribution in [0, 0.1) is 0 Å². The van der Waals surface area contributed by atoms with Crippen molar-refractivity contribution in [3.63, 3.8) is 0 Å². The van der Waals surface area contributed by atoms with E-state index in [-0.39, 0.29) is 12.1 Å². The van der Waals surface area contributed by atoms with Crippen LogP contribution in [0.2, 0.25) is 0 Å². The van der Waals surface area contributed by atoms with Crippen LogP contribution in [0.15, 0.2) is 29.3 Å². The third kappa shape index (κ3) is 6.75. The number of nitrogens with zero attached hydrogens (tertiary/aromatic N) is 3. The third-order valence-electron chi connectivity index (χ3n) is 4.15. The standard InChI is InChI=1S/C20H33N5O2/c1-20(2,3)27-19(26)25-13-17(14-25)23-18(21-4)22-11-15-9-7-8-10-16(15)12-24(5)6/h7-10,17H,11-14H2,1-6H3,(H2,21,22,23). The second kappa shape index (κ2) is 9.08. The normalized spacial score (nSPS) is 15.5. The van der Waals surface area contributed by atoms with Crippen molar-refractivity contribution in [3.05, 3.63) is 35.4 Å². The fourth-order valence-corrected chi connectivity index (χ4v) is 2.84. The molecule has 7 nitrogen and oxygen atoms in total. The van der Waals surface area contributed by atoms with Gasteiger partial charge < -0.3 is 25.2 Å². The molecule has 1 saturated heterocycles. The number of guanidine groups is 1. The Hall–Kier alpha value is -2.28. The molecule has 1 aliphatic heterocycles. The van der Waals surface area contributed by atoms with E-state index in [1.165, 1.54) is 11.1 Å². The molecule has 0 unspecified atom stereocenters. The van der Waals surface area contributed by atoms with Crippen molar-refractivity contribution in [3.8, 4) is 0 Å². The fourth-order valence-electron chi connectivity index (χ4n) is 2.84. The predicted molar refractivity (Wildman–Crippen MR) is 109 cm³/mol. The van der Waals surface area contributed by atoms with Gasteiger partial charge in [0.1, 0.15) is 5.60 Å². The summed E-state index contributed by atoms with van der Waals surface area (Å²) < 4.78 is 5.38. The Bertz CT molecular complexity index is 661. The van der Waals surface area contributed by atoms with Crippen molar-refractivity contribution in [2.45, 2.75) is 45.5 Å². The number of likely N-dealkylation sites (tertiary alicyclic amines) is 1. The van der Waals surface area contributed by atoms with Gasteiger partial charge in [-0.15, -0.1) is 0 Å². The quantitative estimate of drug-likeness (QED) is 0.609. The van der Waals surface area contributed by atoms with Gasteiger partial charge in [-0.25, -0.2) is 4.79 Å². The molecule has 1 fully saturated rings. The number of hydrogen-bond acceptors (Lipinski definition) is 4. The molecule has 1 aromatic rings. The summed E-state index contributed by atoms with van der Waals surface area (Å²) in [5, 5.41) is 6.73. The van der Waals surface area contributed by atoms with Gasteiger partial charge >= 0.3 is 6.09 Å². The van der Waals surface area contributed by atoms with E-state index in [2.05, 4.69) is 58.9 Å². The molecule has 0 bridgehead atoms. The highest BCUT2D eigenvalue weighted by Crippen LogP contribution is 2.15. The minimum absolute atomic E-state index is 0.181. The van der Waals surface area contributed by atoms with E-state index in [1.54, 1.807) is 11.9 Å². The monoisotopic (exact) mass is 375 g/mol. The van der Waals surface area contributed by atoms with Crippen molar-refractivity contribution >= 4 is 12.1 Å². The zero-order chi connectivity index (χ0) is 20.0. The summed E-state index contributed by atoms with van der Waals surface area (Å²) >= 11 is 0. The van der Waals surface area contributed by atoms with E-state index >= 15 is 0 Å². The molecule has 1 amide bonds. The summed E-state index contributed by atoms with van der Waals surface area (Å²) in [5.41, 5.74) is 2.08. The lowest BCUT2D eigenvalue weighted by Crippen LogP contribution is -2.63. The van der Waals surface area contributed by atoms with E-state index in [1.807, 2.05) is 20.8 Å². The number of carbonyl (C=O) groups excluding carboxylic acids is 1. The molecule has 0 saturated carbocycles. The van der Waals surface area contributed by atoms with Crippen molar-refractivity contribution in [2.75, 3.05) is 34.2 Å². The van der Waals surface area contributed by atoms with Gasteiger partial charge in [0.2, 0.25) is 0 Å². The molecule has 1 aliphatic rings. The van der Waals surface area contributed by atoms with E-state index in [0.717, 1.165) is 12.5 Å². The van der Waals surface area contributed by atoms with Crippen LogP contribution in [0.25, 0.3) is 0 Å². The first-order chi connectivity index (χ1) is 12.7. The van der Waals surface area contributed by atoms with Gasteiger partial charge in [0.05, 0.1) is 6.04 Å². The minimum Gasteiger partial charge on any atom is -0.444 e. The number of hydrogen-bond donors (Lipinski definition) is 2. The number of nitrogens with one attached hydrogen (secondary N) is 2. The highest BCUT2D eigenvalue weighted by Gasteiger charge is 2.34. The lowest BCUT2D eigenvalue weighted by molar-refractivity contribution is 0.00701. The zero-order valence-corrected chi connectivity index (χ0v) is 17.4. The molecule has 0 atom stereocenters. The predicted octanol–water partition coefficient (Wildman–Crippen LogP) is 2.03. The van der Waals surface area contributed by atoms with Crippen molar-refractivity contribution in [1.29, 1.82) is 0 Å². The Labute approximate surface area is 162 Å². The third-order valence-corrected chi connectivity index (χ3v) is 4.15. The number of amides is 1. The lowest BCUT2D eigenvalue weighted by Gasteiger charge is -2.40. The van der Waals surface area contributed by atoms with Crippen LogP contribution in [0.1, 0.15) is 31.9 Å². The summed E-state index contributed by atoms with van der Waals surface area (Å²) in [7, 11) is 5.89. The van der Waals surface area contributed by atoms with Gasteiger partial charge in [-0.1, -0.05) is 24.3 Å².